The van der Waals surface area contributed by atoms with Gasteiger partial charge in [-0.2, -0.15) is 0 Å². The molecule has 1 saturated carbocycles. The molecule has 19 heavy (non-hydrogen) atoms. The highest BCUT2D eigenvalue weighted by Crippen LogP contribution is 2.41. The van der Waals surface area contributed by atoms with Gasteiger partial charge in [-0.25, -0.2) is 0 Å². The maximum absolute atomic E-state index is 4.49. The van der Waals surface area contributed by atoms with Crippen LogP contribution in [0.25, 0.3) is 0 Å². The third-order valence-corrected chi connectivity index (χ3v) is 4.56. The molecule has 3 rings (SSSR count). The topological polar surface area (TPSA) is 28.2 Å². The van der Waals surface area contributed by atoms with Crippen molar-refractivity contribution >= 4 is 5.69 Å². The van der Waals surface area contributed by atoms with E-state index in [-0.39, 0.29) is 0 Å². The molecular weight excluding hydrogens is 234 g/mol. The van der Waals surface area contributed by atoms with Crippen molar-refractivity contribution in [1.29, 1.82) is 0 Å². The van der Waals surface area contributed by atoms with Crippen LogP contribution in [0.4, 0.5) is 5.69 Å². The molecule has 2 bridgehead atoms. The summed E-state index contributed by atoms with van der Waals surface area (Å²) in [6, 6.07) is 3.07. The third-order valence-electron chi connectivity index (χ3n) is 4.56. The van der Waals surface area contributed by atoms with Gasteiger partial charge in [0.15, 0.2) is 0 Å². The van der Waals surface area contributed by atoms with E-state index in [1.165, 1.54) is 43.5 Å². The van der Waals surface area contributed by atoms with Crippen LogP contribution in [0.1, 0.15) is 43.9 Å². The number of nitrogens with one attached hydrogen (secondary N) is 1. The minimum absolute atomic E-state index is 0.789. The van der Waals surface area contributed by atoms with Gasteiger partial charge in [0, 0.05) is 42.3 Å². The standard InChI is InChI=1S/C16H25N3/c1-3-6-17-9-14-10-18-12(2)7-16(14)19-11-13-4-5-15(19)8-13/h7,10,13,15,17H,3-6,8-9,11H2,1-2H3. The average Bonchev–Trinajstić information content (AvgIpc) is 3.03. The second-order valence-electron chi connectivity index (χ2n) is 6.12. The van der Waals surface area contributed by atoms with Crippen LogP contribution in [0.3, 0.4) is 0 Å². The lowest BCUT2D eigenvalue weighted by Gasteiger charge is -2.31. The van der Waals surface area contributed by atoms with Crippen molar-refractivity contribution in [2.75, 3.05) is 18.0 Å². The molecule has 0 aromatic carbocycles. The van der Waals surface area contributed by atoms with E-state index in [0.29, 0.717) is 0 Å². The minimum atomic E-state index is 0.789. The molecule has 3 nitrogen and oxygen atoms in total. The molecule has 2 atom stereocenters. The zero-order chi connectivity index (χ0) is 13.2. The maximum Gasteiger partial charge on any atom is 0.0448 e. The predicted molar refractivity (Wildman–Crippen MR) is 79.4 cm³/mol. The smallest absolute Gasteiger partial charge is 0.0448 e. The lowest BCUT2D eigenvalue weighted by molar-refractivity contribution is 0.551. The van der Waals surface area contributed by atoms with Crippen molar-refractivity contribution in [1.82, 2.24) is 10.3 Å². The van der Waals surface area contributed by atoms with Gasteiger partial charge in [0.2, 0.25) is 0 Å². The molecule has 1 aliphatic heterocycles. The largest absolute Gasteiger partial charge is 0.368 e. The van der Waals surface area contributed by atoms with Crippen molar-refractivity contribution in [2.24, 2.45) is 5.92 Å². The van der Waals surface area contributed by atoms with E-state index in [1.807, 2.05) is 0 Å². The van der Waals surface area contributed by atoms with Gasteiger partial charge in [0.1, 0.15) is 0 Å². The number of pyridine rings is 1. The summed E-state index contributed by atoms with van der Waals surface area (Å²) in [6.45, 7) is 7.60. The van der Waals surface area contributed by atoms with Crippen LogP contribution in [0, 0.1) is 12.8 Å². The normalized spacial score (nSPS) is 25.3. The molecule has 2 aliphatic rings. The van der Waals surface area contributed by atoms with Crippen molar-refractivity contribution in [2.45, 2.75) is 52.1 Å². The Kier molecular flexibility index (Phi) is 3.74. The van der Waals surface area contributed by atoms with E-state index >= 15 is 0 Å². The summed E-state index contributed by atoms with van der Waals surface area (Å²) in [7, 11) is 0. The first-order valence-corrected chi connectivity index (χ1v) is 7.70. The van der Waals surface area contributed by atoms with Gasteiger partial charge in [0.05, 0.1) is 0 Å². The van der Waals surface area contributed by atoms with Crippen LogP contribution >= 0.6 is 0 Å². The van der Waals surface area contributed by atoms with Gasteiger partial charge in [-0.3, -0.25) is 4.98 Å². The van der Waals surface area contributed by atoms with E-state index in [4.69, 9.17) is 0 Å². The molecule has 1 saturated heterocycles. The quantitative estimate of drug-likeness (QED) is 0.824. The maximum atomic E-state index is 4.49. The zero-order valence-corrected chi connectivity index (χ0v) is 12.2. The molecule has 1 aliphatic carbocycles. The van der Waals surface area contributed by atoms with Crippen LogP contribution in [-0.2, 0) is 6.54 Å². The summed E-state index contributed by atoms with van der Waals surface area (Å²) in [5.74, 6) is 0.940. The summed E-state index contributed by atoms with van der Waals surface area (Å²) in [5.41, 5.74) is 3.94. The number of hydrogen-bond donors (Lipinski definition) is 1. The number of rotatable bonds is 5. The van der Waals surface area contributed by atoms with Crippen LogP contribution < -0.4 is 10.2 Å². The second kappa shape index (κ2) is 5.49. The Balaban J connectivity index is 1.80. The molecule has 2 heterocycles. The third kappa shape index (κ3) is 2.62. The highest BCUT2D eigenvalue weighted by molar-refractivity contribution is 5.56. The predicted octanol–water partition coefficient (Wildman–Crippen LogP) is 2.88. The number of fused-ring (bicyclic) bond motifs is 2. The Bertz CT molecular complexity index is 444. The number of piperidine rings is 1. The Hall–Kier alpha value is -1.09. The van der Waals surface area contributed by atoms with Gasteiger partial charge in [0.25, 0.3) is 0 Å². The van der Waals surface area contributed by atoms with Crippen LogP contribution in [0.5, 0.6) is 0 Å². The first-order chi connectivity index (χ1) is 9.28. The second-order valence-corrected chi connectivity index (χ2v) is 6.12. The van der Waals surface area contributed by atoms with Gasteiger partial charge < -0.3 is 10.2 Å². The molecule has 1 aromatic rings. The minimum Gasteiger partial charge on any atom is -0.368 e. The summed E-state index contributed by atoms with van der Waals surface area (Å²) in [4.78, 5) is 7.13. The Morgan fingerprint density at radius 3 is 3.00 bits per heavy atom. The van der Waals surface area contributed by atoms with E-state index < -0.39 is 0 Å². The lowest BCUT2D eigenvalue weighted by Crippen LogP contribution is -2.33. The van der Waals surface area contributed by atoms with E-state index in [9.17, 15) is 0 Å². The number of hydrogen-bond acceptors (Lipinski definition) is 3. The molecular formula is C16H25N3. The van der Waals surface area contributed by atoms with Crippen LogP contribution in [0.15, 0.2) is 12.3 Å². The van der Waals surface area contributed by atoms with Crippen LogP contribution in [-0.4, -0.2) is 24.1 Å². The molecule has 1 N–H and O–H groups in total. The molecule has 0 amide bonds. The monoisotopic (exact) mass is 259 g/mol. The van der Waals surface area contributed by atoms with Gasteiger partial charge in [-0.15, -0.1) is 0 Å². The highest BCUT2D eigenvalue weighted by atomic mass is 15.2. The van der Waals surface area contributed by atoms with Gasteiger partial charge in [-0.1, -0.05) is 6.92 Å². The lowest BCUT2D eigenvalue weighted by atomic mass is 10.1. The fraction of sp³-hybridized carbons (Fsp3) is 0.688. The summed E-state index contributed by atoms with van der Waals surface area (Å²) in [5, 5.41) is 3.51. The summed E-state index contributed by atoms with van der Waals surface area (Å²) < 4.78 is 0. The molecule has 3 heteroatoms. The molecule has 104 valence electrons. The van der Waals surface area contributed by atoms with Crippen molar-refractivity contribution in [3.8, 4) is 0 Å². The first kappa shape index (κ1) is 12.9. The number of aryl methyl sites for hydroxylation is 1. The highest BCUT2D eigenvalue weighted by Gasteiger charge is 2.38. The van der Waals surface area contributed by atoms with Crippen molar-refractivity contribution < 1.29 is 0 Å². The Morgan fingerprint density at radius 1 is 1.42 bits per heavy atom. The summed E-state index contributed by atoms with van der Waals surface area (Å²) in [6.07, 6.45) is 7.48. The number of anilines is 1. The van der Waals surface area contributed by atoms with Gasteiger partial charge >= 0.3 is 0 Å². The van der Waals surface area contributed by atoms with E-state index in [1.54, 1.807) is 0 Å². The fourth-order valence-electron chi connectivity index (χ4n) is 3.60. The van der Waals surface area contributed by atoms with E-state index in [2.05, 4.69) is 41.3 Å². The SMILES string of the molecule is CCCNCc1cnc(C)cc1N1CC2CCC1C2. The number of nitrogens with zero attached hydrogens (tertiary/aromatic N) is 2. The first-order valence-electron chi connectivity index (χ1n) is 7.70. The van der Waals surface area contributed by atoms with Gasteiger partial charge in [-0.05, 0) is 51.1 Å². The Morgan fingerprint density at radius 2 is 2.32 bits per heavy atom. The van der Waals surface area contributed by atoms with Crippen LogP contribution in [0.2, 0.25) is 0 Å². The molecule has 0 spiro atoms. The van der Waals surface area contributed by atoms with Crippen molar-refractivity contribution in [3.63, 3.8) is 0 Å². The molecule has 0 radical (unpaired) electrons. The molecule has 2 fully saturated rings. The molecule has 1 aromatic heterocycles. The summed E-state index contributed by atoms with van der Waals surface area (Å²) >= 11 is 0. The molecule has 2 unspecified atom stereocenters. The van der Waals surface area contributed by atoms with E-state index in [0.717, 1.165) is 30.7 Å². The fourth-order valence-corrected chi connectivity index (χ4v) is 3.60. The van der Waals surface area contributed by atoms with Crippen molar-refractivity contribution in [3.05, 3.63) is 23.5 Å². The Labute approximate surface area is 116 Å². The average molecular weight is 259 g/mol. The zero-order valence-electron chi connectivity index (χ0n) is 12.2. The number of aromatic nitrogens is 1.